The molecule has 3 aromatic heterocycles. The summed E-state index contributed by atoms with van der Waals surface area (Å²) in [6.07, 6.45) is 6.51. The number of rotatable bonds is 5. The van der Waals surface area contributed by atoms with E-state index in [9.17, 15) is 9.18 Å². The van der Waals surface area contributed by atoms with Crippen LogP contribution in [0, 0.1) is 11.7 Å². The summed E-state index contributed by atoms with van der Waals surface area (Å²) in [5, 5.41) is 12.5. The van der Waals surface area contributed by atoms with Crippen molar-refractivity contribution in [1.29, 1.82) is 0 Å². The number of carbonyl (C=O) groups is 1. The summed E-state index contributed by atoms with van der Waals surface area (Å²) in [6.45, 7) is 8.42. The lowest BCUT2D eigenvalue weighted by Crippen LogP contribution is -2.35. The predicted octanol–water partition coefficient (Wildman–Crippen LogP) is 3.48. The number of nitrogens with one attached hydrogen (secondary N) is 1. The van der Waals surface area contributed by atoms with E-state index in [1.54, 1.807) is 15.8 Å². The summed E-state index contributed by atoms with van der Waals surface area (Å²) in [5.74, 6) is 0.298. The molecule has 11 nitrogen and oxygen atoms in total. The summed E-state index contributed by atoms with van der Waals surface area (Å²) in [7, 11) is 1.38. The lowest BCUT2D eigenvalue weighted by Gasteiger charge is -2.24. The van der Waals surface area contributed by atoms with Crippen LogP contribution in [0.5, 0.6) is 5.88 Å². The summed E-state index contributed by atoms with van der Waals surface area (Å²) in [6, 6.07) is 1.35. The Morgan fingerprint density at radius 3 is 2.92 bits per heavy atom. The topological polar surface area (TPSA) is 109 Å². The normalized spacial score (nSPS) is 17.8. The number of ether oxygens (including phenoxy) is 3. The van der Waals surface area contributed by atoms with Gasteiger partial charge in [0.05, 0.1) is 37.5 Å². The molecule has 1 saturated heterocycles. The van der Waals surface area contributed by atoms with E-state index in [0.29, 0.717) is 50.9 Å². The molecular weight excluding hydrogens is 481 g/mol. The number of nitrogens with zero attached hydrogens (tertiary/aromatic N) is 6. The van der Waals surface area contributed by atoms with E-state index in [-0.39, 0.29) is 17.9 Å². The van der Waals surface area contributed by atoms with E-state index in [1.165, 1.54) is 19.4 Å². The Labute approximate surface area is 214 Å². The molecule has 0 radical (unpaired) electrons. The average molecular weight is 514 g/mol. The molecule has 1 unspecified atom stereocenters. The van der Waals surface area contributed by atoms with Crippen molar-refractivity contribution in [2.75, 3.05) is 38.9 Å². The summed E-state index contributed by atoms with van der Waals surface area (Å²) >= 11 is 0. The number of aromatic nitrogens is 5. The van der Waals surface area contributed by atoms with Crippen molar-refractivity contribution in [1.82, 2.24) is 29.4 Å². The monoisotopic (exact) mass is 513 g/mol. The molecule has 37 heavy (non-hydrogen) atoms. The van der Waals surface area contributed by atoms with Gasteiger partial charge in [-0.3, -0.25) is 4.68 Å². The molecular formula is C25H32FN7O4. The maximum absolute atomic E-state index is 14.5. The van der Waals surface area contributed by atoms with E-state index >= 15 is 0 Å². The number of amides is 1. The van der Waals surface area contributed by atoms with Crippen molar-refractivity contribution in [2.24, 2.45) is 5.92 Å². The molecule has 1 N–H and O–H groups in total. The van der Waals surface area contributed by atoms with Gasteiger partial charge in [0.2, 0.25) is 5.88 Å². The fourth-order valence-corrected chi connectivity index (χ4v) is 4.68. The maximum Gasteiger partial charge on any atom is 0.410 e. The van der Waals surface area contributed by atoms with Crippen LogP contribution in [0.25, 0.3) is 16.9 Å². The van der Waals surface area contributed by atoms with E-state index in [4.69, 9.17) is 19.3 Å². The Bertz CT molecular complexity index is 1280. The maximum atomic E-state index is 14.5. The molecule has 0 aromatic carbocycles. The van der Waals surface area contributed by atoms with Crippen molar-refractivity contribution >= 4 is 11.9 Å². The number of halogens is 1. The molecule has 1 fully saturated rings. The SMILES string of the molecule is COc1ncc(-n2nc3c(c2-c2cnn(CC4CCN(C(=O)OC(C)(C)C)C4)c2)CCOCN3)cc1F. The molecule has 1 atom stereocenters. The number of carbonyl (C=O) groups excluding carboxylic acids is 1. The van der Waals surface area contributed by atoms with Gasteiger partial charge in [-0.2, -0.15) is 5.10 Å². The Morgan fingerprint density at radius 1 is 1.32 bits per heavy atom. The molecule has 12 heteroatoms. The molecule has 2 aliphatic rings. The minimum atomic E-state index is -0.570. The van der Waals surface area contributed by atoms with Crippen LogP contribution in [0.15, 0.2) is 24.7 Å². The zero-order chi connectivity index (χ0) is 26.2. The van der Waals surface area contributed by atoms with E-state index < -0.39 is 11.4 Å². The van der Waals surface area contributed by atoms with Gasteiger partial charge in [-0.25, -0.2) is 18.9 Å². The van der Waals surface area contributed by atoms with Crippen LogP contribution >= 0.6 is 0 Å². The first-order valence-electron chi connectivity index (χ1n) is 12.4. The Morgan fingerprint density at radius 2 is 2.16 bits per heavy atom. The minimum absolute atomic E-state index is 0.0737. The highest BCUT2D eigenvalue weighted by Gasteiger charge is 2.30. The molecule has 0 bridgehead atoms. The van der Waals surface area contributed by atoms with E-state index in [0.717, 1.165) is 23.2 Å². The number of likely N-dealkylation sites (tertiary alicyclic amines) is 1. The molecule has 0 saturated carbocycles. The van der Waals surface area contributed by atoms with E-state index in [2.05, 4.69) is 15.4 Å². The fraction of sp³-hybridized carbons (Fsp3) is 0.520. The number of pyridine rings is 1. The second-order valence-corrected chi connectivity index (χ2v) is 10.3. The molecule has 3 aromatic rings. The molecule has 5 rings (SSSR count). The first kappa shape index (κ1) is 25.0. The largest absolute Gasteiger partial charge is 0.479 e. The molecule has 2 aliphatic heterocycles. The van der Waals surface area contributed by atoms with Crippen LogP contribution in [-0.2, 0) is 22.4 Å². The predicted molar refractivity (Wildman–Crippen MR) is 133 cm³/mol. The van der Waals surface area contributed by atoms with Gasteiger partial charge < -0.3 is 24.4 Å². The fourth-order valence-electron chi connectivity index (χ4n) is 4.68. The minimum Gasteiger partial charge on any atom is -0.479 e. The van der Waals surface area contributed by atoms with Crippen molar-refractivity contribution in [2.45, 2.75) is 45.8 Å². The van der Waals surface area contributed by atoms with Gasteiger partial charge in [-0.05, 0) is 33.1 Å². The Hall–Kier alpha value is -3.67. The Balaban J connectivity index is 1.39. The molecule has 0 aliphatic carbocycles. The second kappa shape index (κ2) is 10.0. The van der Waals surface area contributed by atoms with Gasteiger partial charge in [0.1, 0.15) is 12.3 Å². The van der Waals surface area contributed by atoms with Crippen molar-refractivity contribution < 1.29 is 23.4 Å². The van der Waals surface area contributed by atoms with Gasteiger partial charge in [-0.1, -0.05) is 0 Å². The average Bonchev–Trinajstić information content (AvgIpc) is 3.54. The van der Waals surface area contributed by atoms with Crippen LogP contribution in [0.3, 0.4) is 0 Å². The first-order valence-corrected chi connectivity index (χ1v) is 12.4. The van der Waals surface area contributed by atoms with Crippen LogP contribution in [-0.4, -0.2) is 74.7 Å². The highest BCUT2D eigenvalue weighted by Crippen LogP contribution is 2.34. The lowest BCUT2D eigenvalue weighted by atomic mass is 10.1. The third kappa shape index (κ3) is 5.38. The van der Waals surface area contributed by atoms with Crippen LogP contribution in [0.1, 0.15) is 32.8 Å². The van der Waals surface area contributed by atoms with Gasteiger partial charge >= 0.3 is 6.09 Å². The van der Waals surface area contributed by atoms with Gasteiger partial charge in [0, 0.05) is 49.4 Å². The number of hydrogen-bond acceptors (Lipinski definition) is 8. The lowest BCUT2D eigenvalue weighted by molar-refractivity contribution is 0.0286. The zero-order valence-corrected chi connectivity index (χ0v) is 21.5. The molecule has 5 heterocycles. The molecule has 0 spiro atoms. The molecule has 198 valence electrons. The highest BCUT2D eigenvalue weighted by molar-refractivity contribution is 5.71. The number of hydrogen-bond donors (Lipinski definition) is 1. The summed E-state index contributed by atoms with van der Waals surface area (Å²) in [4.78, 5) is 18.3. The second-order valence-electron chi connectivity index (χ2n) is 10.3. The van der Waals surface area contributed by atoms with Gasteiger partial charge in [-0.15, -0.1) is 5.10 Å². The summed E-state index contributed by atoms with van der Waals surface area (Å²) < 4.78 is 34.1. The zero-order valence-electron chi connectivity index (χ0n) is 21.5. The third-order valence-electron chi connectivity index (χ3n) is 6.34. The van der Waals surface area contributed by atoms with Gasteiger partial charge in [0.25, 0.3) is 0 Å². The van der Waals surface area contributed by atoms with Gasteiger partial charge in [0.15, 0.2) is 11.6 Å². The van der Waals surface area contributed by atoms with Crippen molar-refractivity contribution in [3.8, 4) is 22.8 Å². The number of methoxy groups -OCH3 is 1. The first-order chi connectivity index (χ1) is 17.7. The Kier molecular flexibility index (Phi) is 6.76. The summed E-state index contributed by atoms with van der Waals surface area (Å²) in [5.41, 5.74) is 2.56. The van der Waals surface area contributed by atoms with E-state index in [1.807, 2.05) is 31.6 Å². The molecule has 1 amide bonds. The number of anilines is 1. The number of fused-ring (bicyclic) bond motifs is 1. The highest BCUT2D eigenvalue weighted by atomic mass is 19.1. The van der Waals surface area contributed by atoms with Crippen molar-refractivity contribution in [3.63, 3.8) is 0 Å². The standard InChI is InChI=1S/C25H32FN7O4/c1-25(2,3)37-24(34)31-7-5-16(12-31)13-32-14-17(10-29-32)21-19-6-8-36-15-28-22(19)30-33(21)18-9-20(26)23(35-4)27-11-18/h9-11,14,16H,5-8,12-13,15H2,1-4H3,(H,28,30). The quantitative estimate of drug-likeness (QED) is 0.553. The van der Waals surface area contributed by atoms with Crippen molar-refractivity contribution in [3.05, 3.63) is 36.0 Å². The van der Waals surface area contributed by atoms with Crippen LogP contribution < -0.4 is 10.1 Å². The third-order valence-corrected chi connectivity index (χ3v) is 6.34. The van der Waals surface area contributed by atoms with Crippen LogP contribution in [0.4, 0.5) is 15.0 Å². The van der Waals surface area contributed by atoms with Crippen LogP contribution in [0.2, 0.25) is 0 Å². The smallest absolute Gasteiger partial charge is 0.410 e.